The number of rotatable bonds is 6. The van der Waals surface area contributed by atoms with Crippen molar-refractivity contribution in [2.24, 2.45) is 0 Å². The molecule has 0 radical (unpaired) electrons. The Morgan fingerprint density at radius 1 is 1.00 bits per heavy atom. The van der Waals surface area contributed by atoms with Crippen molar-refractivity contribution in [1.29, 1.82) is 0 Å². The van der Waals surface area contributed by atoms with Crippen LogP contribution in [0.15, 0.2) is 54.6 Å². The molecule has 0 fully saturated rings. The van der Waals surface area contributed by atoms with E-state index in [-0.39, 0.29) is 0 Å². The maximum Gasteiger partial charge on any atom is 0.0900 e. The Morgan fingerprint density at radius 2 is 1.73 bits per heavy atom. The molecule has 0 saturated heterocycles. The van der Waals surface area contributed by atoms with Gasteiger partial charge in [-0.25, -0.2) is 0 Å². The fourth-order valence-corrected chi connectivity index (χ4v) is 2.95. The number of β-amino-alcohol motifs (C(OH)–C–C–N with tert-alkyl or cyclic N) is 1. The number of aliphatic hydroxyl groups excluding tert-OH is 1. The molecule has 0 unspecified atom stereocenters. The largest absolute Gasteiger partial charge is 0.389 e. The van der Waals surface area contributed by atoms with Crippen LogP contribution < -0.4 is 0 Å². The van der Waals surface area contributed by atoms with E-state index in [9.17, 15) is 5.11 Å². The number of ether oxygens (including phenoxy) is 1. The second kappa shape index (κ2) is 7.54. The minimum absolute atomic E-state index is 0.382. The molecule has 22 heavy (non-hydrogen) atoms. The summed E-state index contributed by atoms with van der Waals surface area (Å²) in [5, 5.41) is 10.2. The predicted molar refractivity (Wildman–Crippen MR) is 87.5 cm³/mol. The Hall–Kier alpha value is -1.68. The van der Waals surface area contributed by atoms with Crippen LogP contribution in [0.4, 0.5) is 0 Å². The Morgan fingerprint density at radius 3 is 2.55 bits per heavy atom. The molecule has 0 saturated carbocycles. The van der Waals surface area contributed by atoms with Crippen LogP contribution in [0, 0.1) is 0 Å². The van der Waals surface area contributed by atoms with Gasteiger partial charge in [-0.05, 0) is 23.1 Å². The van der Waals surface area contributed by atoms with E-state index in [1.807, 2.05) is 30.3 Å². The first-order valence-electron chi connectivity index (χ1n) is 7.90. The van der Waals surface area contributed by atoms with Crippen molar-refractivity contribution in [3.8, 4) is 0 Å². The number of aliphatic hydroxyl groups is 1. The van der Waals surface area contributed by atoms with Crippen LogP contribution >= 0.6 is 0 Å². The molecule has 0 amide bonds. The normalized spacial score (nSPS) is 16.2. The zero-order valence-electron chi connectivity index (χ0n) is 12.8. The van der Waals surface area contributed by atoms with E-state index in [0.717, 1.165) is 25.1 Å². The molecule has 0 spiro atoms. The van der Waals surface area contributed by atoms with Gasteiger partial charge in [0, 0.05) is 19.6 Å². The molecule has 0 bridgehead atoms. The highest BCUT2D eigenvalue weighted by Crippen LogP contribution is 2.18. The van der Waals surface area contributed by atoms with Crippen molar-refractivity contribution < 1.29 is 9.84 Å². The molecule has 0 aliphatic carbocycles. The van der Waals surface area contributed by atoms with Gasteiger partial charge < -0.3 is 9.84 Å². The van der Waals surface area contributed by atoms with Gasteiger partial charge in [-0.1, -0.05) is 54.6 Å². The maximum absolute atomic E-state index is 10.2. The van der Waals surface area contributed by atoms with Gasteiger partial charge in [0.1, 0.15) is 0 Å². The van der Waals surface area contributed by atoms with Crippen LogP contribution in [0.2, 0.25) is 0 Å². The highest BCUT2D eigenvalue weighted by atomic mass is 16.5. The van der Waals surface area contributed by atoms with Crippen molar-refractivity contribution in [3.05, 3.63) is 71.3 Å². The van der Waals surface area contributed by atoms with E-state index < -0.39 is 6.10 Å². The van der Waals surface area contributed by atoms with Crippen LogP contribution in [-0.2, 0) is 24.3 Å². The van der Waals surface area contributed by atoms with E-state index in [1.165, 1.54) is 11.1 Å². The van der Waals surface area contributed by atoms with E-state index in [4.69, 9.17) is 4.74 Å². The summed E-state index contributed by atoms with van der Waals surface area (Å²) in [7, 11) is 0. The standard InChI is InChI=1S/C19H23NO2/c21-19(15-22-14-16-6-2-1-3-7-16)13-20-11-10-17-8-4-5-9-18(17)12-20/h1-9,19,21H,10-15H2/t19-/m0/s1. The van der Waals surface area contributed by atoms with Gasteiger partial charge in [0.05, 0.1) is 19.3 Å². The molecule has 1 N–H and O–H groups in total. The third kappa shape index (κ3) is 4.17. The third-order valence-corrected chi connectivity index (χ3v) is 4.10. The number of nitrogens with zero attached hydrogens (tertiary/aromatic N) is 1. The van der Waals surface area contributed by atoms with Gasteiger partial charge in [-0.3, -0.25) is 4.90 Å². The lowest BCUT2D eigenvalue weighted by Gasteiger charge is -2.30. The molecule has 0 aromatic heterocycles. The molecule has 1 heterocycles. The summed E-state index contributed by atoms with van der Waals surface area (Å²) >= 11 is 0. The molecule has 1 aliphatic heterocycles. The minimum Gasteiger partial charge on any atom is -0.389 e. The topological polar surface area (TPSA) is 32.7 Å². The molecular weight excluding hydrogens is 274 g/mol. The second-order valence-corrected chi connectivity index (χ2v) is 5.91. The van der Waals surface area contributed by atoms with Crippen LogP contribution in [0.3, 0.4) is 0 Å². The Kier molecular flexibility index (Phi) is 5.22. The average Bonchev–Trinajstić information content (AvgIpc) is 2.56. The quantitative estimate of drug-likeness (QED) is 0.889. The Labute approximate surface area is 132 Å². The highest BCUT2D eigenvalue weighted by molar-refractivity contribution is 5.29. The molecule has 1 atom stereocenters. The van der Waals surface area contributed by atoms with Crippen LogP contribution in [0.25, 0.3) is 0 Å². The van der Waals surface area contributed by atoms with E-state index in [0.29, 0.717) is 19.8 Å². The van der Waals surface area contributed by atoms with Gasteiger partial charge in [0.15, 0.2) is 0 Å². The van der Waals surface area contributed by atoms with Gasteiger partial charge in [0.2, 0.25) is 0 Å². The SMILES string of the molecule is O[C@H](COCc1ccccc1)CN1CCc2ccccc2C1. The van der Waals surface area contributed by atoms with Gasteiger partial charge >= 0.3 is 0 Å². The zero-order valence-corrected chi connectivity index (χ0v) is 12.8. The highest BCUT2D eigenvalue weighted by Gasteiger charge is 2.18. The summed E-state index contributed by atoms with van der Waals surface area (Å²) in [6, 6.07) is 18.6. The third-order valence-electron chi connectivity index (χ3n) is 4.10. The average molecular weight is 297 g/mol. The zero-order chi connectivity index (χ0) is 15.2. The molecular formula is C19H23NO2. The lowest BCUT2D eigenvalue weighted by atomic mass is 10.00. The summed E-state index contributed by atoms with van der Waals surface area (Å²) in [6.45, 7) is 3.54. The molecule has 1 aliphatic rings. The fourth-order valence-electron chi connectivity index (χ4n) is 2.95. The van der Waals surface area contributed by atoms with Gasteiger partial charge in [-0.15, -0.1) is 0 Å². The summed E-state index contributed by atoms with van der Waals surface area (Å²) in [5.74, 6) is 0. The summed E-state index contributed by atoms with van der Waals surface area (Å²) in [5.41, 5.74) is 3.96. The van der Waals surface area contributed by atoms with Crippen LogP contribution in [-0.4, -0.2) is 35.8 Å². The summed E-state index contributed by atoms with van der Waals surface area (Å²) in [6.07, 6.45) is 0.627. The van der Waals surface area contributed by atoms with E-state index in [2.05, 4.69) is 29.2 Å². The summed E-state index contributed by atoms with van der Waals surface area (Å²) < 4.78 is 5.62. The molecule has 3 heteroatoms. The first-order chi connectivity index (χ1) is 10.8. The lowest BCUT2D eigenvalue weighted by Crippen LogP contribution is -2.38. The monoisotopic (exact) mass is 297 g/mol. The Balaban J connectivity index is 1.42. The molecule has 2 aromatic carbocycles. The van der Waals surface area contributed by atoms with Crippen molar-refractivity contribution in [2.45, 2.75) is 25.7 Å². The number of hydrogen-bond acceptors (Lipinski definition) is 3. The fraction of sp³-hybridized carbons (Fsp3) is 0.368. The molecule has 2 aromatic rings. The molecule has 3 rings (SSSR count). The van der Waals surface area contributed by atoms with Crippen LogP contribution in [0.1, 0.15) is 16.7 Å². The van der Waals surface area contributed by atoms with E-state index in [1.54, 1.807) is 0 Å². The van der Waals surface area contributed by atoms with Crippen molar-refractivity contribution in [3.63, 3.8) is 0 Å². The van der Waals surface area contributed by atoms with Crippen molar-refractivity contribution in [1.82, 2.24) is 4.90 Å². The maximum atomic E-state index is 10.2. The smallest absolute Gasteiger partial charge is 0.0900 e. The summed E-state index contributed by atoms with van der Waals surface area (Å²) in [4.78, 5) is 2.30. The minimum atomic E-state index is -0.436. The number of benzene rings is 2. The predicted octanol–water partition coefficient (Wildman–Crippen LogP) is 2.62. The van der Waals surface area contributed by atoms with Gasteiger partial charge in [0.25, 0.3) is 0 Å². The van der Waals surface area contributed by atoms with Crippen molar-refractivity contribution >= 4 is 0 Å². The Bertz CT molecular complexity index is 585. The van der Waals surface area contributed by atoms with Gasteiger partial charge in [-0.2, -0.15) is 0 Å². The van der Waals surface area contributed by atoms with Crippen molar-refractivity contribution in [2.75, 3.05) is 19.7 Å². The van der Waals surface area contributed by atoms with Crippen LogP contribution in [0.5, 0.6) is 0 Å². The number of hydrogen-bond donors (Lipinski definition) is 1. The molecule has 3 nitrogen and oxygen atoms in total. The molecule has 116 valence electrons. The second-order valence-electron chi connectivity index (χ2n) is 5.91. The lowest BCUT2D eigenvalue weighted by molar-refractivity contribution is 0.00774. The number of fused-ring (bicyclic) bond motifs is 1. The van der Waals surface area contributed by atoms with E-state index >= 15 is 0 Å². The first kappa shape index (κ1) is 15.2. The first-order valence-corrected chi connectivity index (χ1v) is 7.90.